The lowest BCUT2D eigenvalue weighted by Gasteiger charge is -2.03. The molecule has 2 rings (SSSR count). The number of nitrogens with two attached hydrogens (primary N) is 1. The number of benzene rings is 1. The fraction of sp³-hybridized carbons (Fsp3) is 0.214. The molecule has 2 nitrogen and oxygen atoms in total. The van der Waals surface area contributed by atoms with Gasteiger partial charge in [-0.25, -0.2) is 4.99 Å². The molecular formula is C14H16N2. The molecule has 16 heavy (non-hydrogen) atoms. The predicted octanol–water partition coefficient (Wildman–Crippen LogP) is 3.21. The number of hydrogen-bond acceptors (Lipinski definition) is 2. The lowest BCUT2D eigenvalue weighted by molar-refractivity contribution is 1.14. The first-order valence-electron chi connectivity index (χ1n) is 5.52. The van der Waals surface area contributed by atoms with Gasteiger partial charge in [-0.1, -0.05) is 25.6 Å². The van der Waals surface area contributed by atoms with Crippen LogP contribution in [0.3, 0.4) is 0 Å². The lowest BCUT2D eigenvalue weighted by atomic mass is 10.0. The molecule has 0 spiro atoms. The fourth-order valence-corrected chi connectivity index (χ4v) is 1.83. The Labute approximate surface area is 96.2 Å². The van der Waals surface area contributed by atoms with Gasteiger partial charge in [0.05, 0.1) is 5.69 Å². The molecule has 0 radical (unpaired) electrons. The molecule has 0 unspecified atom stereocenters. The van der Waals surface area contributed by atoms with Crippen LogP contribution in [0.25, 0.3) is 6.08 Å². The zero-order chi connectivity index (χ0) is 11.5. The Morgan fingerprint density at radius 3 is 3.00 bits per heavy atom. The minimum Gasteiger partial charge on any atom is -0.387 e. The minimum atomic E-state index is 0.647. The Hall–Kier alpha value is -1.83. The van der Waals surface area contributed by atoms with E-state index in [0.717, 1.165) is 23.2 Å². The van der Waals surface area contributed by atoms with Crippen molar-refractivity contribution in [3.05, 3.63) is 47.6 Å². The zero-order valence-corrected chi connectivity index (χ0v) is 9.53. The Morgan fingerprint density at radius 2 is 2.31 bits per heavy atom. The molecular weight excluding hydrogens is 196 g/mol. The summed E-state index contributed by atoms with van der Waals surface area (Å²) in [5.74, 6) is 0.647. The monoisotopic (exact) mass is 212 g/mol. The molecule has 0 fully saturated rings. The second-order valence-electron chi connectivity index (χ2n) is 3.95. The average molecular weight is 212 g/mol. The van der Waals surface area contributed by atoms with E-state index >= 15 is 0 Å². The van der Waals surface area contributed by atoms with Crippen LogP contribution in [0.1, 0.15) is 24.5 Å². The molecule has 0 saturated heterocycles. The summed E-state index contributed by atoms with van der Waals surface area (Å²) >= 11 is 0. The summed E-state index contributed by atoms with van der Waals surface area (Å²) in [7, 11) is 0. The Kier molecular flexibility index (Phi) is 2.91. The van der Waals surface area contributed by atoms with Gasteiger partial charge < -0.3 is 5.73 Å². The van der Waals surface area contributed by atoms with Gasteiger partial charge in [0, 0.05) is 12.0 Å². The molecule has 0 atom stereocenters. The first-order chi connectivity index (χ1) is 7.72. The Bertz CT molecular complexity index is 482. The zero-order valence-electron chi connectivity index (χ0n) is 9.53. The summed E-state index contributed by atoms with van der Waals surface area (Å²) in [6.45, 7) is 5.94. The molecule has 2 N–H and O–H groups in total. The third kappa shape index (κ3) is 2.06. The number of amidine groups is 1. The maximum atomic E-state index is 5.85. The highest BCUT2D eigenvalue weighted by molar-refractivity contribution is 5.90. The second-order valence-corrected chi connectivity index (χ2v) is 3.95. The van der Waals surface area contributed by atoms with Crippen molar-refractivity contribution in [3.63, 3.8) is 0 Å². The summed E-state index contributed by atoms with van der Waals surface area (Å²) in [4.78, 5) is 4.41. The summed E-state index contributed by atoms with van der Waals surface area (Å²) in [6, 6.07) is 6.30. The van der Waals surface area contributed by atoms with Crippen LogP contribution in [0, 0.1) is 0 Å². The Morgan fingerprint density at radius 1 is 1.50 bits per heavy atom. The van der Waals surface area contributed by atoms with E-state index in [0.29, 0.717) is 12.3 Å². The summed E-state index contributed by atoms with van der Waals surface area (Å²) in [5.41, 5.74) is 10.4. The molecule has 82 valence electrons. The van der Waals surface area contributed by atoms with Crippen LogP contribution in [0.4, 0.5) is 5.69 Å². The van der Waals surface area contributed by atoms with Crippen LogP contribution < -0.4 is 5.73 Å². The summed E-state index contributed by atoms with van der Waals surface area (Å²) in [6.07, 6.45) is 5.67. The van der Waals surface area contributed by atoms with Gasteiger partial charge in [-0.05, 0) is 35.8 Å². The maximum Gasteiger partial charge on any atom is 0.104 e. The van der Waals surface area contributed by atoms with Crippen molar-refractivity contribution >= 4 is 17.6 Å². The average Bonchev–Trinajstić information content (AvgIpc) is 2.45. The normalized spacial score (nSPS) is 14.6. The molecule has 1 aromatic carbocycles. The summed E-state index contributed by atoms with van der Waals surface area (Å²) < 4.78 is 0. The number of hydrogen-bond donors (Lipinski definition) is 1. The van der Waals surface area contributed by atoms with E-state index in [-0.39, 0.29) is 0 Å². The second kappa shape index (κ2) is 4.35. The van der Waals surface area contributed by atoms with Gasteiger partial charge in [-0.15, -0.1) is 0 Å². The van der Waals surface area contributed by atoms with Crippen LogP contribution in [-0.2, 0) is 6.42 Å². The third-order valence-electron chi connectivity index (χ3n) is 2.75. The first-order valence-corrected chi connectivity index (χ1v) is 5.52. The van der Waals surface area contributed by atoms with E-state index in [2.05, 4.69) is 36.7 Å². The lowest BCUT2D eigenvalue weighted by Crippen LogP contribution is -2.10. The molecule has 1 aromatic rings. The van der Waals surface area contributed by atoms with Gasteiger partial charge in [0.15, 0.2) is 0 Å². The smallest absolute Gasteiger partial charge is 0.104 e. The van der Waals surface area contributed by atoms with E-state index in [9.17, 15) is 0 Å². The highest BCUT2D eigenvalue weighted by Crippen LogP contribution is 2.27. The van der Waals surface area contributed by atoms with Crippen molar-refractivity contribution in [1.82, 2.24) is 0 Å². The van der Waals surface area contributed by atoms with Crippen molar-refractivity contribution < 1.29 is 0 Å². The number of rotatable bonds is 2. The Balaban J connectivity index is 2.57. The van der Waals surface area contributed by atoms with Crippen molar-refractivity contribution in [3.8, 4) is 0 Å². The number of aliphatic imine (C=N–C) groups is 1. The molecule has 0 amide bonds. The quantitative estimate of drug-likeness (QED) is 0.803. The SMILES string of the molecule is C=CC1=Cc2cc(CC)ccc2N=C(N)C1. The molecule has 0 bridgehead atoms. The predicted molar refractivity (Wildman–Crippen MR) is 69.9 cm³/mol. The van der Waals surface area contributed by atoms with Crippen LogP contribution >= 0.6 is 0 Å². The number of nitrogens with zero attached hydrogens (tertiary/aromatic N) is 1. The molecule has 0 aromatic heterocycles. The fourth-order valence-electron chi connectivity index (χ4n) is 1.83. The van der Waals surface area contributed by atoms with Gasteiger partial charge in [0.2, 0.25) is 0 Å². The van der Waals surface area contributed by atoms with Crippen LogP contribution in [0.5, 0.6) is 0 Å². The van der Waals surface area contributed by atoms with Crippen molar-refractivity contribution in [2.45, 2.75) is 19.8 Å². The number of aryl methyl sites for hydroxylation is 1. The molecule has 2 heteroatoms. The van der Waals surface area contributed by atoms with Gasteiger partial charge in [-0.2, -0.15) is 0 Å². The maximum absolute atomic E-state index is 5.85. The van der Waals surface area contributed by atoms with E-state index < -0.39 is 0 Å². The largest absolute Gasteiger partial charge is 0.387 e. The van der Waals surface area contributed by atoms with Gasteiger partial charge in [0.25, 0.3) is 0 Å². The van der Waals surface area contributed by atoms with E-state index in [1.54, 1.807) is 0 Å². The van der Waals surface area contributed by atoms with Crippen LogP contribution in [0.15, 0.2) is 41.4 Å². The van der Waals surface area contributed by atoms with Gasteiger partial charge >= 0.3 is 0 Å². The molecule has 0 saturated carbocycles. The highest BCUT2D eigenvalue weighted by atomic mass is 14.9. The molecule has 1 aliphatic rings. The van der Waals surface area contributed by atoms with Crippen molar-refractivity contribution in [2.75, 3.05) is 0 Å². The number of fused-ring (bicyclic) bond motifs is 1. The van der Waals surface area contributed by atoms with E-state index in [1.165, 1.54) is 5.56 Å². The van der Waals surface area contributed by atoms with Crippen molar-refractivity contribution in [1.29, 1.82) is 0 Å². The van der Waals surface area contributed by atoms with Gasteiger partial charge in [-0.3, -0.25) is 0 Å². The first kappa shape index (κ1) is 10.7. The van der Waals surface area contributed by atoms with E-state index in [4.69, 9.17) is 5.73 Å². The molecule has 0 aliphatic carbocycles. The minimum absolute atomic E-state index is 0.647. The van der Waals surface area contributed by atoms with E-state index in [1.807, 2.05) is 12.1 Å². The van der Waals surface area contributed by atoms with Crippen LogP contribution in [-0.4, -0.2) is 5.84 Å². The van der Waals surface area contributed by atoms with Crippen LogP contribution in [0.2, 0.25) is 0 Å². The molecule has 1 heterocycles. The van der Waals surface area contributed by atoms with Crippen molar-refractivity contribution in [2.24, 2.45) is 10.7 Å². The van der Waals surface area contributed by atoms with Gasteiger partial charge in [0.1, 0.15) is 5.84 Å². The topological polar surface area (TPSA) is 38.4 Å². The standard InChI is InChI=1S/C14H16N2/c1-3-10-5-6-13-12(7-10)8-11(4-2)9-14(15)16-13/h4-8H,2-3,9H2,1H3,(H2,15,16). The molecule has 1 aliphatic heterocycles. The third-order valence-corrected chi connectivity index (χ3v) is 2.75. The number of allylic oxidation sites excluding steroid dienone is 1. The highest BCUT2D eigenvalue weighted by Gasteiger charge is 2.08. The summed E-state index contributed by atoms with van der Waals surface area (Å²) in [5, 5.41) is 0.